The summed E-state index contributed by atoms with van der Waals surface area (Å²) in [7, 11) is 0. The van der Waals surface area contributed by atoms with E-state index in [1.54, 1.807) is 13.0 Å². The Morgan fingerprint density at radius 1 is 0.704 bits per heavy atom. The Kier molecular flexibility index (Phi) is 6.19. The van der Waals surface area contributed by atoms with E-state index in [0.29, 0.717) is 11.1 Å². The lowest BCUT2D eigenvalue weighted by molar-refractivity contribution is 0.148. The molecule has 0 atom stereocenters. The number of hydrogen-bond donors (Lipinski definition) is 0. The first kappa shape index (κ1) is 19.4. The fourth-order valence-electron chi connectivity index (χ4n) is 6.49. The number of hydrogen-bond acceptors (Lipinski definition) is 0. The molecule has 0 radical (unpaired) electrons. The second kappa shape index (κ2) is 8.62. The lowest BCUT2D eigenvalue weighted by Crippen LogP contribution is -2.26. The molecule has 0 unspecified atom stereocenters. The van der Waals surface area contributed by atoms with Gasteiger partial charge in [0.05, 0.1) is 0 Å². The van der Waals surface area contributed by atoms with Gasteiger partial charge in [0.25, 0.3) is 0 Å². The van der Waals surface area contributed by atoms with Crippen LogP contribution in [0.3, 0.4) is 0 Å². The van der Waals surface area contributed by atoms with Gasteiger partial charge in [0, 0.05) is 0 Å². The molecule has 1 aromatic rings. The van der Waals surface area contributed by atoms with Gasteiger partial charge < -0.3 is 0 Å². The van der Waals surface area contributed by atoms with E-state index < -0.39 is 11.6 Å². The molecule has 0 aromatic heterocycles. The molecule has 0 aliphatic heterocycles. The smallest absolute Gasteiger partial charge is 0.162 e. The van der Waals surface area contributed by atoms with E-state index in [0.717, 1.165) is 36.5 Å². The molecule has 3 saturated carbocycles. The number of aryl methyl sites for hydroxylation is 1. The summed E-state index contributed by atoms with van der Waals surface area (Å²) in [6.07, 6.45) is 17.6. The molecule has 3 fully saturated rings. The molecule has 0 saturated heterocycles. The Labute approximate surface area is 164 Å². The van der Waals surface area contributed by atoms with Gasteiger partial charge >= 0.3 is 0 Å². The third-order valence-electron chi connectivity index (χ3n) is 8.22. The van der Waals surface area contributed by atoms with E-state index in [4.69, 9.17) is 0 Å². The molecule has 1 aromatic carbocycles. The van der Waals surface area contributed by atoms with Crippen LogP contribution in [0.4, 0.5) is 8.78 Å². The number of rotatable bonds is 4. The van der Waals surface area contributed by atoms with Crippen LogP contribution in [0, 0.1) is 42.2 Å². The first-order valence-electron chi connectivity index (χ1n) is 11.6. The maximum atomic E-state index is 14.3. The summed E-state index contributed by atoms with van der Waals surface area (Å²) in [5.41, 5.74) is 1.04. The summed E-state index contributed by atoms with van der Waals surface area (Å²) in [5, 5.41) is 0. The van der Waals surface area contributed by atoms with E-state index in [-0.39, 0.29) is 5.92 Å². The highest BCUT2D eigenvalue weighted by molar-refractivity contribution is 5.28. The fourth-order valence-corrected chi connectivity index (χ4v) is 6.49. The third-order valence-corrected chi connectivity index (χ3v) is 8.22. The van der Waals surface area contributed by atoms with Crippen molar-refractivity contribution in [1.82, 2.24) is 0 Å². The highest BCUT2D eigenvalue weighted by Gasteiger charge is 2.33. The second-order valence-corrected chi connectivity index (χ2v) is 9.88. The summed E-state index contributed by atoms with van der Waals surface area (Å²) < 4.78 is 28.3. The molecule has 2 heteroatoms. The van der Waals surface area contributed by atoms with Crippen LogP contribution < -0.4 is 0 Å². The lowest BCUT2D eigenvalue weighted by Gasteiger charge is -2.38. The first-order chi connectivity index (χ1) is 13.1. The minimum absolute atomic E-state index is 0.218. The summed E-state index contributed by atoms with van der Waals surface area (Å²) >= 11 is 0. The topological polar surface area (TPSA) is 0 Å². The molecule has 27 heavy (non-hydrogen) atoms. The molecule has 0 heterocycles. The van der Waals surface area contributed by atoms with E-state index in [1.807, 2.05) is 6.07 Å². The van der Waals surface area contributed by atoms with Crippen LogP contribution >= 0.6 is 0 Å². The standard InChI is InChI=1S/C25H36F2/c1-17-6-15-23(25(27)24(17)26)22-13-11-21(12-14-22)20-9-7-19(8-10-20)16-18-4-2-3-5-18/h6,15,18-22H,2-5,7-14,16H2,1H3. The Hall–Kier alpha value is -0.920. The summed E-state index contributed by atoms with van der Waals surface area (Å²) in [4.78, 5) is 0. The SMILES string of the molecule is Cc1ccc(C2CCC(C3CCC(CC4CCCC4)CC3)CC2)c(F)c1F. The van der Waals surface area contributed by atoms with E-state index in [2.05, 4.69) is 0 Å². The van der Waals surface area contributed by atoms with Gasteiger partial charge in [0.15, 0.2) is 11.6 Å². The number of halogens is 2. The van der Waals surface area contributed by atoms with Gasteiger partial charge in [-0.25, -0.2) is 8.78 Å². The summed E-state index contributed by atoms with van der Waals surface area (Å²) in [5.74, 6) is 2.73. The molecule has 3 aliphatic carbocycles. The maximum Gasteiger partial charge on any atom is 0.162 e. The largest absolute Gasteiger partial charge is 0.203 e. The normalized spacial score (nSPS) is 32.7. The molecule has 0 N–H and O–H groups in total. The van der Waals surface area contributed by atoms with Crippen LogP contribution in [0.1, 0.15) is 101 Å². The monoisotopic (exact) mass is 374 g/mol. The quantitative estimate of drug-likeness (QED) is 0.502. The van der Waals surface area contributed by atoms with Crippen LogP contribution in [-0.2, 0) is 0 Å². The molecule has 0 nitrogen and oxygen atoms in total. The van der Waals surface area contributed by atoms with Crippen LogP contribution in [0.25, 0.3) is 0 Å². The van der Waals surface area contributed by atoms with E-state index >= 15 is 0 Å². The van der Waals surface area contributed by atoms with Gasteiger partial charge in [0.2, 0.25) is 0 Å². The van der Waals surface area contributed by atoms with Crippen molar-refractivity contribution >= 4 is 0 Å². The minimum Gasteiger partial charge on any atom is -0.203 e. The van der Waals surface area contributed by atoms with Crippen LogP contribution in [-0.4, -0.2) is 0 Å². The van der Waals surface area contributed by atoms with Crippen molar-refractivity contribution in [2.75, 3.05) is 0 Å². The Morgan fingerprint density at radius 3 is 1.89 bits per heavy atom. The van der Waals surface area contributed by atoms with Gasteiger partial charge in [-0.2, -0.15) is 0 Å². The van der Waals surface area contributed by atoms with Crippen molar-refractivity contribution in [1.29, 1.82) is 0 Å². The predicted molar refractivity (Wildman–Crippen MR) is 108 cm³/mol. The van der Waals surface area contributed by atoms with Gasteiger partial charge in [-0.05, 0) is 92.6 Å². The van der Waals surface area contributed by atoms with Crippen molar-refractivity contribution in [3.8, 4) is 0 Å². The Morgan fingerprint density at radius 2 is 1.26 bits per heavy atom. The highest BCUT2D eigenvalue weighted by atomic mass is 19.2. The molecule has 3 aliphatic rings. The van der Waals surface area contributed by atoms with Crippen LogP contribution in [0.5, 0.6) is 0 Å². The van der Waals surface area contributed by atoms with Crippen LogP contribution in [0.2, 0.25) is 0 Å². The average molecular weight is 375 g/mol. The Bertz CT molecular complexity index is 615. The van der Waals surface area contributed by atoms with Crippen LogP contribution in [0.15, 0.2) is 12.1 Å². The van der Waals surface area contributed by atoms with Crippen molar-refractivity contribution in [2.24, 2.45) is 23.7 Å². The fraction of sp³-hybridized carbons (Fsp3) is 0.760. The molecular weight excluding hydrogens is 338 g/mol. The minimum atomic E-state index is -0.643. The zero-order valence-corrected chi connectivity index (χ0v) is 17.0. The highest BCUT2D eigenvalue weighted by Crippen LogP contribution is 2.46. The Balaban J connectivity index is 1.26. The van der Waals surface area contributed by atoms with Crippen molar-refractivity contribution < 1.29 is 8.78 Å². The second-order valence-electron chi connectivity index (χ2n) is 9.88. The third kappa shape index (κ3) is 4.40. The predicted octanol–water partition coefficient (Wildman–Crippen LogP) is 7.93. The average Bonchev–Trinajstić information content (AvgIpc) is 3.20. The van der Waals surface area contributed by atoms with Gasteiger partial charge in [0.1, 0.15) is 0 Å². The maximum absolute atomic E-state index is 14.3. The molecule has 0 spiro atoms. The first-order valence-corrected chi connectivity index (χ1v) is 11.6. The molecule has 0 amide bonds. The van der Waals surface area contributed by atoms with Crippen molar-refractivity contribution in [3.05, 3.63) is 34.9 Å². The van der Waals surface area contributed by atoms with E-state index in [1.165, 1.54) is 70.6 Å². The number of benzene rings is 1. The summed E-state index contributed by atoms with van der Waals surface area (Å²) in [6.45, 7) is 1.64. The lowest BCUT2D eigenvalue weighted by atomic mass is 9.67. The summed E-state index contributed by atoms with van der Waals surface area (Å²) in [6, 6.07) is 3.57. The molecule has 0 bridgehead atoms. The van der Waals surface area contributed by atoms with Gasteiger partial charge in [-0.3, -0.25) is 0 Å². The molecule has 4 rings (SSSR count). The van der Waals surface area contributed by atoms with Crippen molar-refractivity contribution in [3.63, 3.8) is 0 Å². The van der Waals surface area contributed by atoms with E-state index in [9.17, 15) is 8.78 Å². The zero-order valence-electron chi connectivity index (χ0n) is 17.0. The van der Waals surface area contributed by atoms with Gasteiger partial charge in [-0.1, -0.05) is 50.7 Å². The zero-order chi connectivity index (χ0) is 18.8. The van der Waals surface area contributed by atoms with Gasteiger partial charge in [-0.15, -0.1) is 0 Å². The molecular formula is C25H36F2. The molecule has 150 valence electrons. The van der Waals surface area contributed by atoms with Crippen molar-refractivity contribution in [2.45, 2.75) is 96.3 Å².